The minimum atomic E-state index is -0.946. The highest BCUT2D eigenvalue weighted by Crippen LogP contribution is 2.20. The van der Waals surface area contributed by atoms with E-state index in [-0.39, 0.29) is 5.91 Å². The Morgan fingerprint density at radius 3 is 2.79 bits per heavy atom. The summed E-state index contributed by atoms with van der Waals surface area (Å²) in [6, 6.07) is 2.75. The molecule has 6 heteroatoms. The Balaban J connectivity index is 2.28. The highest BCUT2D eigenvalue weighted by atomic mass is 32.2. The van der Waals surface area contributed by atoms with Gasteiger partial charge in [-0.3, -0.25) is 9.78 Å². The lowest BCUT2D eigenvalue weighted by atomic mass is 10.1. The predicted molar refractivity (Wildman–Crippen MR) is 73.5 cm³/mol. The Morgan fingerprint density at radius 2 is 2.16 bits per heavy atom. The van der Waals surface area contributed by atoms with Gasteiger partial charge in [-0.25, -0.2) is 4.79 Å². The zero-order valence-corrected chi connectivity index (χ0v) is 11.7. The Hall–Kier alpha value is -1.56. The smallest absolute Gasteiger partial charge is 0.327 e. The van der Waals surface area contributed by atoms with E-state index in [0.717, 1.165) is 11.4 Å². The number of rotatable bonds is 2. The molecule has 102 valence electrons. The van der Waals surface area contributed by atoms with Crippen LogP contribution in [-0.4, -0.2) is 51.0 Å². The average Bonchev–Trinajstić information content (AvgIpc) is 2.38. The fourth-order valence-electron chi connectivity index (χ4n) is 2.12. The third-order valence-corrected chi connectivity index (χ3v) is 4.15. The van der Waals surface area contributed by atoms with Crippen molar-refractivity contribution in [2.45, 2.75) is 19.9 Å². The molecule has 1 N–H and O–H groups in total. The van der Waals surface area contributed by atoms with Crippen LogP contribution >= 0.6 is 11.8 Å². The lowest BCUT2D eigenvalue weighted by Crippen LogP contribution is -2.50. The van der Waals surface area contributed by atoms with Gasteiger partial charge in [0.1, 0.15) is 6.04 Å². The Morgan fingerprint density at radius 1 is 1.42 bits per heavy atom. The monoisotopic (exact) mass is 280 g/mol. The molecule has 0 saturated carbocycles. The van der Waals surface area contributed by atoms with Gasteiger partial charge in [0.05, 0.1) is 11.3 Å². The number of aliphatic carboxylic acids is 1. The Bertz CT molecular complexity index is 519. The summed E-state index contributed by atoms with van der Waals surface area (Å²) < 4.78 is 0. The second-order valence-electron chi connectivity index (χ2n) is 4.51. The van der Waals surface area contributed by atoms with Crippen molar-refractivity contribution in [2.24, 2.45) is 0 Å². The molecule has 1 saturated heterocycles. The zero-order valence-electron chi connectivity index (χ0n) is 10.9. The van der Waals surface area contributed by atoms with Crippen LogP contribution in [0.5, 0.6) is 0 Å². The number of amides is 1. The first-order valence-electron chi connectivity index (χ1n) is 6.06. The van der Waals surface area contributed by atoms with Gasteiger partial charge in [0, 0.05) is 23.7 Å². The molecule has 1 amide bonds. The van der Waals surface area contributed by atoms with E-state index in [4.69, 9.17) is 0 Å². The first-order valence-corrected chi connectivity index (χ1v) is 7.22. The number of thioether (sulfide) groups is 1. The molecular weight excluding hydrogens is 264 g/mol. The van der Waals surface area contributed by atoms with E-state index in [9.17, 15) is 14.7 Å². The number of carbonyl (C=O) groups excluding carboxylic acids is 1. The van der Waals surface area contributed by atoms with E-state index in [1.54, 1.807) is 30.8 Å². The van der Waals surface area contributed by atoms with Crippen molar-refractivity contribution in [3.63, 3.8) is 0 Å². The van der Waals surface area contributed by atoms with E-state index >= 15 is 0 Å². The van der Waals surface area contributed by atoms with Gasteiger partial charge in [0.25, 0.3) is 5.91 Å². The number of carbonyl (C=O) groups is 2. The molecule has 1 aromatic heterocycles. The third-order valence-electron chi connectivity index (χ3n) is 3.13. The molecule has 0 spiro atoms. The van der Waals surface area contributed by atoms with E-state index in [2.05, 4.69) is 4.98 Å². The fourth-order valence-corrected chi connectivity index (χ4v) is 3.16. The maximum Gasteiger partial charge on any atom is 0.327 e. The molecule has 1 aliphatic heterocycles. The lowest BCUT2D eigenvalue weighted by Gasteiger charge is -2.32. The molecule has 2 rings (SSSR count). The highest BCUT2D eigenvalue weighted by molar-refractivity contribution is 7.99. The van der Waals surface area contributed by atoms with Gasteiger partial charge in [-0.1, -0.05) is 0 Å². The fraction of sp³-hybridized carbons (Fsp3) is 0.462. The minimum Gasteiger partial charge on any atom is -0.480 e. The van der Waals surface area contributed by atoms with Crippen LogP contribution in [0.4, 0.5) is 0 Å². The number of nitrogens with zero attached hydrogens (tertiary/aromatic N) is 2. The number of pyridine rings is 1. The summed E-state index contributed by atoms with van der Waals surface area (Å²) >= 11 is 1.56. The van der Waals surface area contributed by atoms with E-state index < -0.39 is 12.0 Å². The Labute approximate surface area is 116 Å². The molecule has 2 heterocycles. The average molecular weight is 280 g/mol. The summed E-state index contributed by atoms with van der Waals surface area (Å²) in [7, 11) is 0. The molecule has 1 aromatic rings. The summed E-state index contributed by atoms with van der Waals surface area (Å²) in [4.78, 5) is 29.4. The molecule has 0 aliphatic carbocycles. The molecule has 0 aromatic carbocycles. The summed E-state index contributed by atoms with van der Waals surface area (Å²) in [5.41, 5.74) is 1.98. The first-order chi connectivity index (χ1) is 9.00. The SMILES string of the molecule is Cc1ccc(C(=O)N2CCSCC2C(=O)O)c(C)n1. The second kappa shape index (κ2) is 5.61. The van der Waals surface area contributed by atoms with Crippen molar-refractivity contribution in [3.05, 3.63) is 29.1 Å². The second-order valence-corrected chi connectivity index (χ2v) is 5.66. The maximum absolute atomic E-state index is 12.5. The van der Waals surface area contributed by atoms with Crippen molar-refractivity contribution in [2.75, 3.05) is 18.1 Å². The molecule has 1 unspecified atom stereocenters. The number of carboxylic acid groups (broad SMARTS) is 1. The molecule has 1 atom stereocenters. The quantitative estimate of drug-likeness (QED) is 0.885. The predicted octanol–water partition coefficient (Wildman–Crippen LogP) is 1.34. The zero-order chi connectivity index (χ0) is 14.0. The molecule has 5 nitrogen and oxygen atoms in total. The van der Waals surface area contributed by atoms with Crippen LogP contribution in [0.15, 0.2) is 12.1 Å². The molecule has 19 heavy (non-hydrogen) atoms. The van der Waals surface area contributed by atoms with Crippen molar-refractivity contribution in [3.8, 4) is 0 Å². The number of carboxylic acids is 1. The van der Waals surface area contributed by atoms with Crippen molar-refractivity contribution in [1.82, 2.24) is 9.88 Å². The minimum absolute atomic E-state index is 0.238. The van der Waals surface area contributed by atoms with E-state index in [1.807, 2.05) is 6.92 Å². The van der Waals surface area contributed by atoms with Crippen LogP contribution < -0.4 is 0 Å². The summed E-state index contributed by atoms with van der Waals surface area (Å²) in [6.07, 6.45) is 0. The highest BCUT2D eigenvalue weighted by Gasteiger charge is 2.33. The normalized spacial score (nSPS) is 19.3. The van der Waals surface area contributed by atoms with Gasteiger partial charge in [-0.15, -0.1) is 0 Å². The van der Waals surface area contributed by atoms with Gasteiger partial charge in [0.2, 0.25) is 0 Å². The molecule has 0 radical (unpaired) electrons. The van der Waals surface area contributed by atoms with Crippen LogP contribution in [-0.2, 0) is 4.79 Å². The van der Waals surface area contributed by atoms with Gasteiger partial charge in [-0.2, -0.15) is 11.8 Å². The van der Waals surface area contributed by atoms with Crippen LogP contribution in [0, 0.1) is 13.8 Å². The lowest BCUT2D eigenvalue weighted by molar-refractivity contribution is -0.141. The van der Waals surface area contributed by atoms with Crippen LogP contribution in [0.1, 0.15) is 21.7 Å². The van der Waals surface area contributed by atoms with E-state index in [1.165, 1.54) is 4.90 Å². The topological polar surface area (TPSA) is 70.5 Å². The number of hydrogen-bond acceptors (Lipinski definition) is 4. The number of aryl methyl sites for hydroxylation is 2. The van der Waals surface area contributed by atoms with Gasteiger partial charge >= 0.3 is 5.97 Å². The first kappa shape index (κ1) is 13.9. The maximum atomic E-state index is 12.5. The molecule has 0 bridgehead atoms. The van der Waals surface area contributed by atoms with Crippen molar-refractivity contribution >= 4 is 23.6 Å². The molecule has 1 fully saturated rings. The largest absolute Gasteiger partial charge is 0.480 e. The van der Waals surface area contributed by atoms with Crippen molar-refractivity contribution < 1.29 is 14.7 Å². The Kier molecular flexibility index (Phi) is 4.09. The molecule has 1 aliphatic rings. The molecular formula is C13H16N2O3S. The summed E-state index contributed by atoms with van der Waals surface area (Å²) in [5.74, 6) is 0.0313. The standard InChI is InChI=1S/C13H16N2O3S/c1-8-3-4-10(9(2)14-8)12(16)15-5-6-19-7-11(15)13(17)18/h3-4,11H,5-7H2,1-2H3,(H,17,18). The number of hydrogen-bond donors (Lipinski definition) is 1. The van der Waals surface area contributed by atoms with Gasteiger partial charge in [-0.05, 0) is 26.0 Å². The summed E-state index contributed by atoms with van der Waals surface area (Å²) in [6.45, 7) is 4.10. The van der Waals surface area contributed by atoms with Crippen molar-refractivity contribution in [1.29, 1.82) is 0 Å². The summed E-state index contributed by atoms with van der Waals surface area (Å²) in [5, 5.41) is 9.20. The van der Waals surface area contributed by atoms with E-state index in [0.29, 0.717) is 23.6 Å². The van der Waals surface area contributed by atoms with Crippen LogP contribution in [0.2, 0.25) is 0 Å². The van der Waals surface area contributed by atoms with Gasteiger partial charge in [0.15, 0.2) is 0 Å². The van der Waals surface area contributed by atoms with Gasteiger partial charge < -0.3 is 10.0 Å². The third kappa shape index (κ3) is 2.89. The van der Waals surface area contributed by atoms with Crippen LogP contribution in [0.25, 0.3) is 0 Å². The number of aromatic nitrogens is 1. The van der Waals surface area contributed by atoms with Crippen LogP contribution in [0.3, 0.4) is 0 Å².